The molecule has 0 aliphatic heterocycles. The van der Waals surface area contributed by atoms with Gasteiger partial charge in [0.05, 0.1) is 13.2 Å². The van der Waals surface area contributed by atoms with Gasteiger partial charge in [-0.2, -0.15) is 0 Å². The van der Waals surface area contributed by atoms with Crippen molar-refractivity contribution in [2.24, 2.45) is 0 Å². The number of aryl methyl sites for hydroxylation is 2. The van der Waals surface area contributed by atoms with Gasteiger partial charge in [-0.1, -0.05) is 30.3 Å². The molecule has 3 heteroatoms. The lowest BCUT2D eigenvalue weighted by Gasteiger charge is -2.19. The summed E-state index contributed by atoms with van der Waals surface area (Å²) in [6.45, 7) is 2.03. The van der Waals surface area contributed by atoms with Crippen LogP contribution in [0.5, 0.6) is 5.75 Å². The molecule has 2 aromatic rings. The predicted octanol–water partition coefficient (Wildman–Crippen LogP) is 4.46. The lowest BCUT2D eigenvalue weighted by molar-refractivity contribution is -0.117. The van der Waals surface area contributed by atoms with E-state index in [1.54, 1.807) is 13.2 Å². The van der Waals surface area contributed by atoms with Crippen LogP contribution in [0.1, 0.15) is 48.1 Å². The van der Waals surface area contributed by atoms with E-state index in [1.165, 1.54) is 36.0 Å². The summed E-state index contributed by atoms with van der Waals surface area (Å²) in [4.78, 5) is 12.2. The maximum atomic E-state index is 12.2. The monoisotopic (exact) mass is 335 g/mol. The fourth-order valence-corrected chi connectivity index (χ4v) is 3.25. The molecule has 0 aromatic heterocycles. The quantitative estimate of drug-likeness (QED) is 0.819. The minimum atomic E-state index is -0.0824. The maximum absolute atomic E-state index is 12.2. The second kappa shape index (κ2) is 8.02. The third kappa shape index (κ3) is 4.50. The summed E-state index contributed by atoms with van der Waals surface area (Å²) in [5, 5.41) is 3.05. The molecule has 1 atom stereocenters. The van der Waals surface area contributed by atoms with Gasteiger partial charge >= 0.3 is 0 Å². The van der Waals surface area contributed by atoms with E-state index in [1.807, 2.05) is 37.3 Å². The Morgan fingerprint density at radius 1 is 1.08 bits per heavy atom. The molecule has 130 valence electrons. The van der Waals surface area contributed by atoms with Gasteiger partial charge in [-0.25, -0.2) is 0 Å². The Labute approximate surface area is 149 Å². The first-order valence-electron chi connectivity index (χ1n) is 8.90. The number of benzene rings is 2. The molecule has 0 heterocycles. The van der Waals surface area contributed by atoms with Crippen LogP contribution in [0.15, 0.2) is 48.5 Å². The molecule has 0 unspecified atom stereocenters. The molecule has 1 N–H and O–H groups in total. The zero-order valence-corrected chi connectivity index (χ0v) is 14.9. The van der Waals surface area contributed by atoms with Crippen LogP contribution < -0.4 is 10.1 Å². The van der Waals surface area contributed by atoms with Crippen molar-refractivity contribution in [1.29, 1.82) is 0 Å². The van der Waals surface area contributed by atoms with Crippen molar-refractivity contribution in [2.75, 3.05) is 7.11 Å². The van der Waals surface area contributed by atoms with E-state index in [-0.39, 0.29) is 11.9 Å². The number of hydrogen-bond acceptors (Lipinski definition) is 2. The van der Waals surface area contributed by atoms with E-state index in [0.717, 1.165) is 17.7 Å². The minimum absolute atomic E-state index is 0.000226. The highest BCUT2D eigenvalue weighted by molar-refractivity contribution is 5.92. The van der Waals surface area contributed by atoms with Crippen LogP contribution >= 0.6 is 0 Å². The largest absolute Gasteiger partial charge is 0.497 e. The second-order valence-corrected chi connectivity index (χ2v) is 6.57. The zero-order chi connectivity index (χ0) is 17.6. The molecule has 0 bridgehead atoms. The number of methoxy groups -OCH3 is 1. The number of carbonyl (C=O) groups excluding carboxylic acids is 1. The van der Waals surface area contributed by atoms with Crippen molar-refractivity contribution in [3.05, 3.63) is 70.8 Å². The summed E-state index contributed by atoms with van der Waals surface area (Å²) in [6, 6.07) is 14.2. The van der Waals surface area contributed by atoms with Crippen molar-refractivity contribution in [1.82, 2.24) is 5.32 Å². The van der Waals surface area contributed by atoms with E-state index in [4.69, 9.17) is 4.74 Å². The lowest BCUT2D eigenvalue weighted by Crippen LogP contribution is -2.24. The number of nitrogens with one attached hydrogen (secondary N) is 1. The molecule has 25 heavy (non-hydrogen) atoms. The molecule has 0 fully saturated rings. The first-order valence-corrected chi connectivity index (χ1v) is 8.90. The predicted molar refractivity (Wildman–Crippen MR) is 102 cm³/mol. The van der Waals surface area contributed by atoms with Crippen molar-refractivity contribution < 1.29 is 9.53 Å². The van der Waals surface area contributed by atoms with Crippen LogP contribution in [0, 0.1) is 0 Å². The third-order valence-corrected chi connectivity index (χ3v) is 4.77. The Hall–Kier alpha value is -2.55. The number of hydrogen-bond donors (Lipinski definition) is 1. The van der Waals surface area contributed by atoms with Gasteiger partial charge in [-0.05, 0) is 73.1 Å². The average Bonchev–Trinajstić information content (AvgIpc) is 2.66. The molecule has 1 aliphatic carbocycles. The maximum Gasteiger partial charge on any atom is 0.244 e. The van der Waals surface area contributed by atoms with E-state index in [9.17, 15) is 4.79 Å². The number of amides is 1. The summed E-state index contributed by atoms with van der Waals surface area (Å²) in [5.41, 5.74) is 5.05. The van der Waals surface area contributed by atoms with Crippen molar-refractivity contribution in [3.63, 3.8) is 0 Å². The standard InChI is InChI=1S/C22H25NO2/c1-16(19-11-10-18-5-3-4-6-20(18)15-19)23-22(24)14-9-17-7-12-21(25-2)13-8-17/h7-16H,3-6H2,1-2H3,(H,23,24)/b14-9+/t16-/m0/s1. The summed E-state index contributed by atoms with van der Waals surface area (Å²) in [6.07, 6.45) is 8.28. The van der Waals surface area contributed by atoms with Crippen molar-refractivity contribution >= 4 is 12.0 Å². The van der Waals surface area contributed by atoms with E-state index in [2.05, 4.69) is 23.5 Å². The normalized spacial score (nSPS) is 14.8. The van der Waals surface area contributed by atoms with E-state index < -0.39 is 0 Å². The van der Waals surface area contributed by atoms with Crippen LogP contribution in [0.3, 0.4) is 0 Å². The van der Waals surface area contributed by atoms with E-state index in [0.29, 0.717) is 0 Å². The first-order chi connectivity index (χ1) is 12.2. The van der Waals surface area contributed by atoms with Crippen LogP contribution in [0.25, 0.3) is 6.08 Å². The first kappa shape index (κ1) is 17.3. The Bertz CT molecular complexity index is 762. The Morgan fingerprint density at radius 2 is 1.80 bits per heavy atom. The number of rotatable bonds is 5. The van der Waals surface area contributed by atoms with Crippen LogP contribution in [0.2, 0.25) is 0 Å². The molecule has 1 aliphatic rings. The van der Waals surface area contributed by atoms with E-state index >= 15 is 0 Å². The van der Waals surface area contributed by atoms with Gasteiger partial charge in [0.2, 0.25) is 5.91 Å². The highest BCUT2D eigenvalue weighted by atomic mass is 16.5. The summed E-state index contributed by atoms with van der Waals surface area (Å²) in [5.74, 6) is 0.726. The number of ether oxygens (including phenoxy) is 1. The second-order valence-electron chi connectivity index (χ2n) is 6.57. The number of carbonyl (C=O) groups is 1. The molecule has 0 saturated carbocycles. The van der Waals surface area contributed by atoms with Gasteiger partial charge in [0.25, 0.3) is 0 Å². The average molecular weight is 335 g/mol. The highest BCUT2D eigenvalue weighted by Crippen LogP contribution is 2.24. The topological polar surface area (TPSA) is 38.3 Å². The molecule has 0 radical (unpaired) electrons. The Kier molecular flexibility index (Phi) is 5.54. The van der Waals surface area contributed by atoms with Crippen molar-refractivity contribution in [3.8, 4) is 5.75 Å². The summed E-state index contributed by atoms with van der Waals surface area (Å²) >= 11 is 0. The Balaban J connectivity index is 1.60. The van der Waals surface area contributed by atoms with Gasteiger partial charge in [-0.15, -0.1) is 0 Å². The van der Waals surface area contributed by atoms with Gasteiger partial charge in [0, 0.05) is 6.08 Å². The fourth-order valence-electron chi connectivity index (χ4n) is 3.25. The lowest BCUT2D eigenvalue weighted by atomic mass is 9.89. The van der Waals surface area contributed by atoms with Gasteiger partial charge in [0.1, 0.15) is 5.75 Å². The van der Waals surface area contributed by atoms with Crippen molar-refractivity contribution in [2.45, 2.75) is 38.6 Å². The van der Waals surface area contributed by atoms with Gasteiger partial charge < -0.3 is 10.1 Å². The summed E-state index contributed by atoms with van der Waals surface area (Å²) < 4.78 is 5.13. The molecule has 2 aromatic carbocycles. The number of fused-ring (bicyclic) bond motifs is 1. The van der Waals surface area contributed by atoms with Gasteiger partial charge in [0.15, 0.2) is 0 Å². The highest BCUT2D eigenvalue weighted by Gasteiger charge is 2.13. The molecule has 3 rings (SSSR count). The molecule has 3 nitrogen and oxygen atoms in total. The molecular formula is C22H25NO2. The van der Waals surface area contributed by atoms with Crippen LogP contribution in [-0.2, 0) is 17.6 Å². The molecular weight excluding hydrogens is 310 g/mol. The fraction of sp³-hybridized carbons (Fsp3) is 0.318. The zero-order valence-electron chi connectivity index (χ0n) is 14.9. The van der Waals surface area contributed by atoms with Crippen LogP contribution in [0.4, 0.5) is 0 Å². The molecule has 0 saturated heterocycles. The minimum Gasteiger partial charge on any atom is -0.497 e. The molecule has 0 spiro atoms. The molecule has 1 amide bonds. The third-order valence-electron chi connectivity index (χ3n) is 4.77. The smallest absolute Gasteiger partial charge is 0.244 e. The summed E-state index contributed by atoms with van der Waals surface area (Å²) in [7, 11) is 1.64. The SMILES string of the molecule is COc1ccc(/C=C/C(=O)N[C@@H](C)c2ccc3c(c2)CCCC3)cc1. The Morgan fingerprint density at radius 3 is 2.52 bits per heavy atom. The van der Waals surface area contributed by atoms with Crippen LogP contribution in [-0.4, -0.2) is 13.0 Å². The van der Waals surface area contributed by atoms with Gasteiger partial charge in [-0.3, -0.25) is 4.79 Å².